The Balaban J connectivity index is 1.73. The Morgan fingerprint density at radius 1 is 1.00 bits per heavy atom. The first-order chi connectivity index (χ1) is 13.0. The summed E-state index contributed by atoms with van der Waals surface area (Å²) >= 11 is 5.95. The molecule has 0 bridgehead atoms. The van der Waals surface area contributed by atoms with E-state index >= 15 is 0 Å². The SMILES string of the molecule is O=C(NCc1cccc(Cl)c1)c1cccc(S(=O)(=O)N2CCCCCC2)c1. The highest BCUT2D eigenvalue weighted by molar-refractivity contribution is 7.89. The highest BCUT2D eigenvalue weighted by Gasteiger charge is 2.25. The van der Waals surface area contributed by atoms with Crippen LogP contribution in [0.2, 0.25) is 5.02 Å². The zero-order chi connectivity index (χ0) is 19.3. The maximum absolute atomic E-state index is 12.9. The van der Waals surface area contributed by atoms with Gasteiger partial charge in [-0.25, -0.2) is 8.42 Å². The van der Waals surface area contributed by atoms with Crippen LogP contribution in [0.5, 0.6) is 0 Å². The van der Waals surface area contributed by atoms with E-state index in [-0.39, 0.29) is 10.8 Å². The molecule has 0 saturated carbocycles. The Labute approximate surface area is 165 Å². The highest BCUT2D eigenvalue weighted by Crippen LogP contribution is 2.21. The summed E-state index contributed by atoms with van der Waals surface area (Å²) in [6.07, 6.45) is 3.86. The maximum atomic E-state index is 12.9. The zero-order valence-electron chi connectivity index (χ0n) is 15.0. The molecule has 0 radical (unpaired) electrons. The molecule has 0 atom stereocenters. The molecule has 1 saturated heterocycles. The number of sulfonamides is 1. The molecule has 1 aliphatic rings. The Morgan fingerprint density at radius 3 is 2.41 bits per heavy atom. The van der Waals surface area contributed by atoms with E-state index < -0.39 is 10.0 Å². The van der Waals surface area contributed by atoms with Crippen molar-refractivity contribution in [3.05, 3.63) is 64.7 Å². The predicted molar refractivity (Wildman–Crippen MR) is 106 cm³/mol. The smallest absolute Gasteiger partial charge is 0.251 e. The predicted octanol–water partition coefficient (Wildman–Crippen LogP) is 3.83. The topological polar surface area (TPSA) is 66.5 Å². The molecule has 3 rings (SSSR count). The highest BCUT2D eigenvalue weighted by atomic mass is 35.5. The van der Waals surface area contributed by atoms with E-state index in [9.17, 15) is 13.2 Å². The van der Waals surface area contributed by atoms with Crippen LogP contribution in [0.3, 0.4) is 0 Å². The fourth-order valence-corrected chi connectivity index (χ4v) is 4.94. The third-order valence-corrected chi connectivity index (χ3v) is 6.77. The number of hydrogen-bond donors (Lipinski definition) is 1. The van der Waals surface area contributed by atoms with Gasteiger partial charge >= 0.3 is 0 Å². The van der Waals surface area contributed by atoms with Crippen molar-refractivity contribution in [2.24, 2.45) is 0 Å². The van der Waals surface area contributed by atoms with E-state index in [0.29, 0.717) is 30.2 Å². The molecule has 2 aromatic carbocycles. The lowest BCUT2D eigenvalue weighted by Crippen LogP contribution is -2.32. The van der Waals surface area contributed by atoms with Crippen molar-refractivity contribution in [3.8, 4) is 0 Å². The largest absolute Gasteiger partial charge is 0.348 e. The Morgan fingerprint density at radius 2 is 1.70 bits per heavy atom. The summed E-state index contributed by atoms with van der Waals surface area (Å²) < 4.78 is 27.4. The van der Waals surface area contributed by atoms with Crippen molar-refractivity contribution in [2.75, 3.05) is 13.1 Å². The minimum Gasteiger partial charge on any atom is -0.348 e. The van der Waals surface area contributed by atoms with E-state index in [1.807, 2.05) is 12.1 Å². The molecular formula is C20H23ClN2O3S. The molecule has 2 aromatic rings. The number of carbonyl (C=O) groups is 1. The van der Waals surface area contributed by atoms with Gasteiger partial charge in [0.05, 0.1) is 4.90 Å². The summed E-state index contributed by atoms with van der Waals surface area (Å²) in [6, 6.07) is 13.5. The molecule has 1 N–H and O–H groups in total. The molecule has 7 heteroatoms. The Kier molecular flexibility index (Phi) is 6.52. The molecule has 0 aliphatic carbocycles. The van der Waals surface area contributed by atoms with Gasteiger partial charge in [0.2, 0.25) is 10.0 Å². The molecule has 0 unspecified atom stereocenters. The number of nitrogens with zero attached hydrogens (tertiary/aromatic N) is 1. The fraction of sp³-hybridized carbons (Fsp3) is 0.350. The van der Waals surface area contributed by atoms with Gasteiger partial charge in [0.15, 0.2) is 0 Å². The van der Waals surface area contributed by atoms with Gasteiger partial charge in [-0.15, -0.1) is 0 Å². The van der Waals surface area contributed by atoms with Crippen molar-refractivity contribution in [1.82, 2.24) is 9.62 Å². The number of rotatable bonds is 5. The van der Waals surface area contributed by atoms with E-state index in [2.05, 4.69) is 5.32 Å². The first kappa shape index (κ1) is 19.9. The number of halogens is 1. The molecule has 1 heterocycles. The third-order valence-electron chi connectivity index (χ3n) is 4.64. The Hall–Kier alpha value is -1.89. The molecule has 1 aliphatic heterocycles. The Bertz CT molecular complexity index is 907. The van der Waals surface area contributed by atoms with Gasteiger partial charge in [-0.05, 0) is 48.7 Å². The maximum Gasteiger partial charge on any atom is 0.251 e. The van der Waals surface area contributed by atoms with Crippen LogP contribution >= 0.6 is 11.6 Å². The van der Waals surface area contributed by atoms with Crippen molar-refractivity contribution >= 4 is 27.5 Å². The summed E-state index contributed by atoms with van der Waals surface area (Å²) in [7, 11) is -3.58. The molecule has 5 nitrogen and oxygen atoms in total. The summed E-state index contributed by atoms with van der Waals surface area (Å²) in [5.41, 5.74) is 1.21. The number of benzene rings is 2. The quantitative estimate of drug-likeness (QED) is 0.820. The molecule has 1 fully saturated rings. The molecule has 27 heavy (non-hydrogen) atoms. The number of amides is 1. The average Bonchev–Trinajstić information content (AvgIpc) is 2.96. The summed E-state index contributed by atoms with van der Waals surface area (Å²) in [6.45, 7) is 1.39. The zero-order valence-corrected chi connectivity index (χ0v) is 16.6. The summed E-state index contributed by atoms with van der Waals surface area (Å²) in [5.74, 6) is -0.317. The van der Waals surface area contributed by atoms with Gasteiger partial charge in [-0.3, -0.25) is 4.79 Å². The number of hydrogen-bond acceptors (Lipinski definition) is 3. The normalized spacial score (nSPS) is 15.9. The van der Waals surface area contributed by atoms with Crippen LogP contribution in [0.4, 0.5) is 0 Å². The van der Waals surface area contributed by atoms with Crippen molar-refractivity contribution in [1.29, 1.82) is 0 Å². The average molecular weight is 407 g/mol. The lowest BCUT2D eigenvalue weighted by Gasteiger charge is -2.20. The molecule has 144 valence electrons. The van der Waals surface area contributed by atoms with E-state index in [1.54, 1.807) is 30.3 Å². The monoisotopic (exact) mass is 406 g/mol. The lowest BCUT2D eigenvalue weighted by atomic mass is 10.2. The first-order valence-corrected chi connectivity index (χ1v) is 10.9. The minimum absolute atomic E-state index is 0.166. The van der Waals surface area contributed by atoms with Crippen molar-refractivity contribution < 1.29 is 13.2 Å². The second kappa shape index (κ2) is 8.87. The van der Waals surface area contributed by atoms with E-state index in [1.165, 1.54) is 10.4 Å². The van der Waals surface area contributed by atoms with Crippen molar-refractivity contribution in [2.45, 2.75) is 37.1 Å². The van der Waals surface area contributed by atoms with Crippen LogP contribution in [-0.2, 0) is 16.6 Å². The number of carbonyl (C=O) groups excluding carboxylic acids is 1. The molecular weight excluding hydrogens is 384 g/mol. The standard InChI is InChI=1S/C20H23ClN2O3S/c21-18-9-5-7-16(13-18)15-22-20(24)17-8-6-10-19(14-17)27(25,26)23-11-3-1-2-4-12-23/h5-10,13-14H,1-4,11-12,15H2,(H,22,24). The molecule has 0 spiro atoms. The van der Waals surface area contributed by atoms with Gasteiger partial charge in [0.1, 0.15) is 0 Å². The summed E-state index contributed by atoms with van der Waals surface area (Å²) in [5, 5.41) is 3.41. The van der Waals surface area contributed by atoms with Crippen LogP contribution in [0.25, 0.3) is 0 Å². The van der Waals surface area contributed by atoms with E-state index in [4.69, 9.17) is 11.6 Å². The van der Waals surface area contributed by atoms with Crippen LogP contribution in [0.1, 0.15) is 41.6 Å². The fourth-order valence-electron chi connectivity index (χ4n) is 3.16. The van der Waals surface area contributed by atoms with Crippen LogP contribution in [-0.4, -0.2) is 31.7 Å². The van der Waals surface area contributed by atoms with Crippen LogP contribution in [0.15, 0.2) is 53.4 Å². The van der Waals surface area contributed by atoms with E-state index in [0.717, 1.165) is 31.2 Å². The lowest BCUT2D eigenvalue weighted by molar-refractivity contribution is 0.0950. The van der Waals surface area contributed by atoms with Crippen molar-refractivity contribution in [3.63, 3.8) is 0 Å². The van der Waals surface area contributed by atoms with Gasteiger partial charge < -0.3 is 5.32 Å². The second-order valence-corrected chi connectivity index (χ2v) is 9.03. The third kappa shape index (κ3) is 5.09. The summed E-state index contributed by atoms with van der Waals surface area (Å²) in [4.78, 5) is 12.6. The van der Waals surface area contributed by atoms with Gasteiger partial charge in [0, 0.05) is 30.2 Å². The van der Waals surface area contributed by atoms with Gasteiger partial charge in [-0.2, -0.15) is 4.31 Å². The first-order valence-electron chi connectivity index (χ1n) is 9.10. The van der Waals surface area contributed by atoms with Crippen LogP contribution < -0.4 is 5.32 Å². The molecule has 1 amide bonds. The number of nitrogens with one attached hydrogen (secondary N) is 1. The van der Waals surface area contributed by atoms with Crippen LogP contribution in [0, 0.1) is 0 Å². The second-order valence-electron chi connectivity index (χ2n) is 6.66. The van der Waals surface area contributed by atoms with Gasteiger partial charge in [0.25, 0.3) is 5.91 Å². The molecule has 0 aromatic heterocycles. The van der Waals surface area contributed by atoms with Gasteiger partial charge in [-0.1, -0.05) is 42.6 Å². The minimum atomic E-state index is -3.58.